The highest BCUT2D eigenvalue weighted by atomic mass is 19.4. The van der Waals surface area contributed by atoms with E-state index in [0.717, 1.165) is 4.68 Å². The highest BCUT2D eigenvalue weighted by Crippen LogP contribution is 2.57. The molecule has 6 heteroatoms. The van der Waals surface area contributed by atoms with Crippen LogP contribution in [0.5, 0.6) is 0 Å². The summed E-state index contributed by atoms with van der Waals surface area (Å²) >= 11 is 0. The van der Waals surface area contributed by atoms with Crippen LogP contribution in [0.15, 0.2) is 0 Å². The van der Waals surface area contributed by atoms with Gasteiger partial charge in [0, 0.05) is 17.9 Å². The van der Waals surface area contributed by atoms with Gasteiger partial charge in [-0.1, -0.05) is 0 Å². The number of nitrogens with zero attached hydrogens (tertiary/aromatic N) is 2. The molecule has 2 aliphatic rings. The smallest absolute Gasteiger partial charge is 0.294 e. The van der Waals surface area contributed by atoms with Crippen molar-refractivity contribution in [3.05, 3.63) is 17.0 Å². The predicted octanol–water partition coefficient (Wildman–Crippen LogP) is 2.78. The lowest BCUT2D eigenvalue weighted by molar-refractivity contribution is -0.145. The molecule has 2 atom stereocenters. The number of alkyl halides is 3. The van der Waals surface area contributed by atoms with Crippen LogP contribution in [-0.4, -0.2) is 15.6 Å². The largest absolute Gasteiger partial charge is 0.433 e. The molecule has 0 radical (unpaired) electrons. The Balaban J connectivity index is 2.24. The summed E-state index contributed by atoms with van der Waals surface area (Å²) < 4.78 is 39.9. The molecule has 0 spiro atoms. The minimum Gasteiger partial charge on any atom is -0.294 e. The number of carbonyl (C=O) groups is 1. The second kappa shape index (κ2) is 2.91. The van der Waals surface area contributed by atoms with E-state index in [9.17, 15) is 18.0 Å². The topological polar surface area (TPSA) is 34.9 Å². The second-order valence-corrected chi connectivity index (χ2v) is 4.96. The molecule has 1 heterocycles. The lowest BCUT2D eigenvalue weighted by Crippen LogP contribution is -2.19. The Morgan fingerprint density at radius 1 is 1.35 bits per heavy atom. The van der Waals surface area contributed by atoms with Crippen LogP contribution in [0.4, 0.5) is 13.2 Å². The fraction of sp³-hybridized carbons (Fsp3) is 0.636. The lowest BCUT2D eigenvalue weighted by atomic mass is 10.1. The van der Waals surface area contributed by atoms with E-state index in [-0.39, 0.29) is 23.2 Å². The summed E-state index contributed by atoms with van der Waals surface area (Å²) in [4.78, 5) is 11.8. The van der Waals surface area contributed by atoms with Gasteiger partial charge >= 0.3 is 6.18 Å². The molecule has 1 aromatic heterocycles. The molecular formula is C11H11F3N2O. The number of Topliss-reactive ketones (excluding diaryl/α,β-unsaturated/α-hetero) is 1. The van der Waals surface area contributed by atoms with Crippen LogP contribution in [0.2, 0.25) is 0 Å². The first-order valence-corrected chi connectivity index (χ1v) is 5.56. The second-order valence-electron chi connectivity index (χ2n) is 4.96. The molecule has 1 saturated carbocycles. The maximum atomic E-state index is 13.0. The van der Waals surface area contributed by atoms with Gasteiger partial charge < -0.3 is 0 Å². The Morgan fingerprint density at radius 3 is 2.53 bits per heavy atom. The van der Waals surface area contributed by atoms with Crippen molar-refractivity contribution in [2.45, 2.75) is 38.4 Å². The zero-order valence-electron chi connectivity index (χ0n) is 9.38. The van der Waals surface area contributed by atoms with Crippen LogP contribution in [0.25, 0.3) is 0 Å². The number of rotatable bonds is 1. The van der Waals surface area contributed by atoms with Crippen molar-refractivity contribution in [1.29, 1.82) is 0 Å². The number of fused-ring (bicyclic) bond motifs is 3. The summed E-state index contributed by atoms with van der Waals surface area (Å²) in [6, 6.07) is -0.401. The van der Waals surface area contributed by atoms with Crippen molar-refractivity contribution in [3.8, 4) is 0 Å². The Bertz CT molecular complexity index is 516. The zero-order chi connectivity index (χ0) is 12.5. The number of hydrogen-bond donors (Lipinski definition) is 0. The van der Waals surface area contributed by atoms with E-state index in [2.05, 4.69) is 5.10 Å². The van der Waals surface area contributed by atoms with E-state index in [0.29, 0.717) is 12.1 Å². The minimum atomic E-state index is -4.52. The van der Waals surface area contributed by atoms with Crippen molar-refractivity contribution in [3.63, 3.8) is 0 Å². The molecule has 92 valence electrons. The van der Waals surface area contributed by atoms with Gasteiger partial charge in [0.25, 0.3) is 0 Å². The number of hydrogen-bond acceptors (Lipinski definition) is 2. The van der Waals surface area contributed by atoms with Gasteiger partial charge in [-0.3, -0.25) is 9.48 Å². The summed E-state index contributed by atoms with van der Waals surface area (Å²) in [5.74, 6) is -0.654. The van der Waals surface area contributed by atoms with E-state index < -0.39 is 17.9 Å². The van der Waals surface area contributed by atoms with E-state index in [1.807, 2.05) is 0 Å². The monoisotopic (exact) mass is 244 g/mol. The molecule has 1 aromatic rings. The van der Waals surface area contributed by atoms with Crippen molar-refractivity contribution in [2.75, 3.05) is 0 Å². The molecule has 0 N–H and O–H groups in total. The first kappa shape index (κ1) is 10.8. The van der Waals surface area contributed by atoms with E-state index in [1.54, 1.807) is 13.8 Å². The van der Waals surface area contributed by atoms with Crippen molar-refractivity contribution in [2.24, 2.45) is 5.92 Å². The lowest BCUT2D eigenvalue weighted by Gasteiger charge is -2.14. The van der Waals surface area contributed by atoms with Crippen LogP contribution < -0.4 is 0 Å². The highest BCUT2D eigenvalue weighted by Gasteiger charge is 2.58. The van der Waals surface area contributed by atoms with Gasteiger partial charge in [0.15, 0.2) is 11.5 Å². The van der Waals surface area contributed by atoms with Crippen LogP contribution in [0.1, 0.15) is 54.0 Å². The third-order valence-electron chi connectivity index (χ3n) is 3.42. The molecule has 0 aliphatic heterocycles. The highest BCUT2D eigenvalue weighted by molar-refractivity contribution is 6.06. The standard InChI is InChI=1S/C11H11F3N2O/c1-4(2)16-10(11(12,13)14)7-8(15-16)5-3-6(5)9(7)17/h4-6H,3H2,1-2H3. The molecule has 1 fully saturated rings. The van der Waals surface area contributed by atoms with Gasteiger partial charge in [-0.15, -0.1) is 0 Å². The van der Waals surface area contributed by atoms with Crippen LogP contribution in [0, 0.1) is 5.92 Å². The molecule has 0 saturated heterocycles. The average molecular weight is 244 g/mol. The fourth-order valence-electron chi connectivity index (χ4n) is 2.57. The maximum Gasteiger partial charge on any atom is 0.433 e. The summed E-state index contributed by atoms with van der Waals surface area (Å²) in [5.41, 5.74) is -0.673. The SMILES string of the molecule is CC(C)n1nc2c(c1C(F)(F)F)C(=O)C1CC21. The molecule has 0 bridgehead atoms. The molecule has 3 rings (SSSR count). The van der Waals surface area contributed by atoms with Crippen LogP contribution >= 0.6 is 0 Å². The van der Waals surface area contributed by atoms with Gasteiger partial charge in [0.1, 0.15) is 0 Å². The number of aromatic nitrogens is 2. The normalized spacial score (nSPS) is 26.4. The maximum absolute atomic E-state index is 13.0. The molecule has 17 heavy (non-hydrogen) atoms. The minimum absolute atomic E-state index is 0.0569. The first-order chi connectivity index (χ1) is 7.82. The van der Waals surface area contributed by atoms with Crippen molar-refractivity contribution in [1.82, 2.24) is 9.78 Å². The van der Waals surface area contributed by atoms with E-state index in [4.69, 9.17) is 0 Å². The summed E-state index contributed by atoms with van der Waals surface area (Å²) in [6.45, 7) is 3.26. The van der Waals surface area contributed by atoms with Gasteiger partial charge in [-0.2, -0.15) is 18.3 Å². The van der Waals surface area contributed by atoms with Crippen molar-refractivity contribution >= 4 is 5.78 Å². The molecule has 0 aromatic carbocycles. The Morgan fingerprint density at radius 2 is 2.00 bits per heavy atom. The van der Waals surface area contributed by atoms with Crippen LogP contribution in [-0.2, 0) is 6.18 Å². The predicted molar refractivity (Wildman–Crippen MR) is 52.8 cm³/mol. The van der Waals surface area contributed by atoms with Crippen LogP contribution in [0.3, 0.4) is 0 Å². The van der Waals surface area contributed by atoms with Gasteiger partial charge in [0.05, 0.1) is 11.3 Å². The van der Waals surface area contributed by atoms with Gasteiger partial charge in [-0.05, 0) is 20.3 Å². The zero-order valence-corrected chi connectivity index (χ0v) is 9.38. The number of ketones is 1. The third kappa shape index (κ3) is 1.29. The third-order valence-corrected chi connectivity index (χ3v) is 3.42. The quantitative estimate of drug-likeness (QED) is 0.761. The average Bonchev–Trinajstić information content (AvgIpc) is 2.78. The molecule has 2 aliphatic carbocycles. The molecular weight excluding hydrogens is 233 g/mol. The number of carbonyl (C=O) groups excluding carboxylic acids is 1. The summed E-state index contributed by atoms with van der Waals surface area (Å²) in [5, 5.41) is 4.01. The summed E-state index contributed by atoms with van der Waals surface area (Å²) in [6.07, 6.45) is -3.85. The fourth-order valence-corrected chi connectivity index (χ4v) is 2.57. The number of halogens is 3. The first-order valence-electron chi connectivity index (χ1n) is 5.56. The molecule has 0 amide bonds. The van der Waals surface area contributed by atoms with E-state index >= 15 is 0 Å². The Labute approximate surface area is 95.6 Å². The van der Waals surface area contributed by atoms with Gasteiger partial charge in [0.2, 0.25) is 0 Å². The molecule has 3 nitrogen and oxygen atoms in total. The van der Waals surface area contributed by atoms with E-state index in [1.165, 1.54) is 0 Å². The Kier molecular flexibility index (Phi) is 1.85. The molecule has 2 unspecified atom stereocenters. The van der Waals surface area contributed by atoms with Crippen molar-refractivity contribution < 1.29 is 18.0 Å². The summed E-state index contributed by atoms with van der Waals surface area (Å²) in [7, 11) is 0. The Hall–Kier alpha value is -1.33. The van der Waals surface area contributed by atoms with Gasteiger partial charge in [-0.25, -0.2) is 0 Å².